The van der Waals surface area contributed by atoms with Gasteiger partial charge in [-0.3, -0.25) is 9.48 Å². The molecule has 0 unspecified atom stereocenters. The molecule has 0 saturated heterocycles. The van der Waals surface area contributed by atoms with Gasteiger partial charge in [0, 0.05) is 25.5 Å². The minimum atomic E-state index is -0.222. The van der Waals surface area contributed by atoms with Crippen LogP contribution in [-0.4, -0.2) is 37.2 Å². The molecule has 24 heavy (non-hydrogen) atoms. The van der Waals surface area contributed by atoms with Crippen molar-refractivity contribution in [3.8, 4) is 5.69 Å². The van der Waals surface area contributed by atoms with Gasteiger partial charge in [-0.15, -0.1) is 5.10 Å². The van der Waals surface area contributed by atoms with Crippen molar-refractivity contribution in [2.75, 3.05) is 6.54 Å². The van der Waals surface area contributed by atoms with Crippen LogP contribution >= 0.6 is 0 Å². The smallest absolute Gasteiger partial charge is 0.273 e. The molecule has 1 aromatic carbocycles. The summed E-state index contributed by atoms with van der Waals surface area (Å²) in [5, 5.41) is 15.0. The summed E-state index contributed by atoms with van der Waals surface area (Å²) in [6.45, 7) is 5.39. The number of amides is 1. The lowest BCUT2D eigenvalue weighted by Crippen LogP contribution is -2.30. The molecular weight excluding hydrogens is 304 g/mol. The summed E-state index contributed by atoms with van der Waals surface area (Å²) in [6.07, 6.45) is 5.29. The zero-order valence-electron chi connectivity index (χ0n) is 13.8. The maximum Gasteiger partial charge on any atom is 0.273 e. The number of benzene rings is 1. The molecule has 0 saturated carbocycles. The van der Waals surface area contributed by atoms with Gasteiger partial charge in [-0.2, -0.15) is 5.10 Å². The summed E-state index contributed by atoms with van der Waals surface area (Å²) < 4.78 is 3.45. The quantitative estimate of drug-likeness (QED) is 0.750. The topological polar surface area (TPSA) is 77.6 Å². The van der Waals surface area contributed by atoms with E-state index in [0.29, 0.717) is 12.2 Å². The third kappa shape index (κ3) is 3.87. The Morgan fingerprint density at radius 1 is 1.29 bits per heavy atom. The third-order valence-corrected chi connectivity index (χ3v) is 3.69. The van der Waals surface area contributed by atoms with Gasteiger partial charge < -0.3 is 5.32 Å². The van der Waals surface area contributed by atoms with E-state index in [1.165, 1.54) is 5.56 Å². The van der Waals surface area contributed by atoms with Crippen molar-refractivity contribution in [1.29, 1.82) is 0 Å². The predicted octanol–water partition coefficient (Wildman–Crippen LogP) is 1.84. The molecule has 0 radical (unpaired) electrons. The summed E-state index contributed by atoms with van der Waals surface area (Å²) in [6, 6.07) is 9.76. The van der Waals surface area contributed by atoms with Gasteiger partial charge in [0.25, 0.3) is 5.91 Å². The number of aromatic nitrogens is 5. The Kier molecular flexibility index (Phi) is 4.69. The predicted molar refractivity (Wildman–Crippen MR) is 89.8 cm³/mol. The Morgan fingerprint density at radius 3 is 2.79 bits per heavy atom. The van der Waals surface area contributed by atoms with Crippen LogP contribution in [0.15, 0.2) is 48.9 Å². The number of carbonyl (C=O) groups is 1. The molecule has 1 atom stereocenters. The molecule has 2 aromatic heterocycles. The van der Waals surface area contributed by atoms with Gasteiger partial charge in [0.1, 0.15) is 0 Å². The first-order valence-electron chi connectivity index (χ1n) is 7.87. The zero-order valence-corrected chi connectivity index (χ0v) is 13.8. The van der Waals surface area contributed by atoms with Gasteiger partial charge in [0.2, 0.25) is 0 Å². The van der Waals surface area contributed by atoms with Crippen molar-refractivity contribution in [3.05, 3.63) is 60.2 Å². The van der Waals surface area contributed by atoms with E-state index in [2.05, 4.69) is 27.7 Å². The molecule has 0 bridgehead atoms. The molecule has 124 valence electrons. The molecule has 0 fully saturated rings. The van der Waals surface area contributed by atoms with Crippen molar-refractivity contribution in [2.45, 2.75) is 20.4 Å². The van der Waals surface area contributed by atoms with E-state index in [1.54, 1.807) is 17.1 Å². The molecule has 1 amide bonds. The average molecular weight is 324 g/mol. The lowest BCUT2D eigenvalue weighted by Gasteiger charge is -2.11. The zero-order chi connectivity index (χ0) is 16.9. The minimum Gasteiger partial charge on any atom is -0.350 e. The summed E-state index contributed by atoms with van der Waals surface area (Å²) in [5.74, 6) is 0.0432. The monoisotopic (exact) mass is 324 g/mol. The van der Waals surface area contributed by atoms with Crippen LogP contribution in [0.25, 0.3) is 5.69 Å². The maximum atomic E-state index is 12.2. The Balaban J connectivity index is 1.56. The van der Waals surface area contributed by atoms with E-state index in [0.717, 1.165) is 12.2 Å². The molecule has 1 N–H and O–H groups in total. The van der Waals surface area contributed by atoms with Crippen LogP contribution in [0.4, 0.5) is 0 Å². The normalized spacial score (nSPS) is 12.1. The van der Waals surface area contributed by atoms with E-state index in [4.69, 9.17) is 0 Å². The second kappa shape index (κ2) is 7.08. The Labute approximate surface area is 140 Å². The van der Waals surface area contributed by atoms with Crippen molar-refractivity contribution < 1.29 is 4.79 Å². The highest BCUT2D eigenvalue weighted by atomic mass is 16.2. The highest BCUT2D eigenvalue weighted by Gasteiger charge is 2.13. The summed E-state index contributed by atoms with van der Waals surface area (Å²) in [4.78, 5) is 12.2. The number of nitrogens with one attached hydrogen (secondary N) is 1. The first-order chi connectivity index (χ1) is 11.6. The highest BCUT2D eigenvalue weighted by Crippen LogP contribution is 2.08. The van der Waals surface area contributed by atoms with Crippen molar-refractivity contribution in [1.82, 2.24) is 30.1 Å². The van der Waals surface area contributed by atoms with Gasteiger partial charge >= 0.3 is 0 Å². The molecule has 0 aliphatic heterocycles. The SMILES string of the molecule is Cc1ccc(-n2cc(C(=O)NC[C@H](C)Cn3cccn3)nn2)cc1. The lowest BCUT2D eigenvalue weighted by molar-refractivity contribution is 0.0941. The van der Waals surface area contributed by atoms with Crippen LogP contribution in [0.5, 0.6) is 0 Å². The lowest BCUT2D eigenvalue weighted by atomic mass is 10.2. The summed E-state index contributed by atoms with van der Waals surface area (Å²) >= 11 is 0. The number of aryl methyl sites for hydroxylation is 1. The first-order valence-corrected chi connectivity index (χ1v) is 7.87. The molecule has 0 spiro atoms. The second-order valence-electron chi connectivity index (χ2n) is 5.93. The Hall–Kier alpha value is -2.96. The van der Waals surface area contributed by atoms with Gasteiger partial charge in [-0.25, -0.2) is 4.68 Å². The molecule has 7 heteroatoms. The van der Waals surface area contributed by atoms with Crippen molar-refractivity contribution in [2.24, 2.45) is 5.92 Å². The van der Waals surface area contributed by atoms with E-state index >= 15 is 0 Å². The van der Waals surface area contributed by atoms with E-state index in [9.17, 15) is 4.79 Å². The van der Waals surface area contributed by atoms with Crippen molar-refractivity contribution in [3.63, 3.8) is 0 Å². The minimum absolute atomic E-state index is 0.222. The molecular formula is C17H20N6O. The summed E-state index contributed by atoms with van der Waals surface area (Å²) in [7, 11) is 0. The fourth-order valence-electron chi connectivity index (χ4n) is 2.34. The number of rotatable bonds is 6. The van der Waals surface area contributed by atoms with Crippen LogP contribution in [0.1, 0.15) is 23.0 Å². The standard InChI is InChI=1S/C17H20N6O/c1-13-4-6-15(7-5-13)23-12-16(20-21-23)17(24)18-10-14(2)11-22-9-3-8-19-22/h3-9,12,14H,10-11H2,1-2H3,(H,18,24)/t14-/m0/s1. The van der Waals surface area contributed by atoms with Gasteiger partial charge in [0.15, 0.2) is 5.69 Å². The molecule has 2 heterocycles. The fourth-order valence-corrected chi connectivity index (χ4v) is 2.34. The molecule has 3 rings (SSSR count). The Bertz CT molecular complexity index is 791. The fraction of sp³-hybridized carbons (Fsp3) is 0.294. The van der Waals surface area contributed by atoms with Gasteiger partial charge in [-0.1, -0.05) is 29.8 Å². The number of hydrogen-bond donors (Lipinski definition) is 1. The third-order valence-electron chi connectivity index (χ3n) is 3.69. The number of nitrogens with zero attached hydrogens (tertiary/aromatic N) is 5. The van der Waals surface area contributed by atoms with E-state index in [1.807, 2.05) is 48.1 Å². The van der Waals surface area contributed by atoms with Gasteiger partial charge in [0.05, 0.1) is 11.9 Å². The Morgan fingerprint density at radius 2 is 2.08 bits per heavy atom. The highest BCUT2D eigenvalue weighted by molar-refractivity contribution is 5.91. The molecule has 7 nitrogen and oxygen atoms in total. The number of hydrogen-bond acceptors (Lipinski definition) is 4. The maximum absolute atomic E-state index is 12.2. The van der Waals surface area contributed by atoms with Crippen molar-refractivity contribution >= 4 is 5.91 Å². The molecule has 0 aliphatic rings. The van der Waals surface area contributed by atoms with Crippen LogP contribution in [-0.2, 0) is 6.54 Å². The molecule has 0 aliphatic carbocycles. The summed E-state index contributed by atoms with van der Waals surface area (Å²) in [5.41, 5.74) is 2.35. The second-order valence-corrected chi connectivity index (χ2v) is 5.93. The largest absolute Gasteiger partial charge is 0.350 e. The van der Waals surface area contributed by atoms with Crippen LogP contribution in [0.3, 0.4) is 0 Å². The van der Waals surface area contributed by atoms with E-state index in [-0.39, 0.29) is 11.8 Å². The number of carbonyl (C=O) groups excluding carboxylic acids is 1. The van der Waals surface area contributed by atoms with Crippen LogP contribution < -0.4 is 5.32 Å². The average Bonchev–Trinajstić information content (AvgIpc) is 3.25. The van der Waals surface area contributed by atoms with Crippen LogP contribution in [0, 0.1) is 12.8 Å². The van der Waals surface area contributed by atoms with Crippen LogP contribution in [0.2, 0.25) is 0 Å². The molecule has 3 aromatic rings. The van der Waals surface area contributed by atoms with E-state index < -0.39 is 0 Å². The first kappa shape index (κ1) is 15.9. The van der Waals surface area contributed by atoms with Gasteiger partial charge in [-0.05, 0) is 31.0 Å².